The summed E-state index contributed by atoms with van der Waals surface area (Å²) in [4.78, 5) is 11.0. The summed E-state index contributed by atoms with van der Waals surface area (Å²) in [5.74, 6) is -0.857. The van der Waals surface area contributed by atoms with Crippen molar-refractivity contribution in [2.24, 2.45) is 5.41 Å². The lowest BCUT2D eigenvalue weighted by atomic mass is 9.90. The van der Waals surface area contributed by atoms with Crippen LogP contribution in [0.25, 0.3) is 0 Å². The summed E-state index contributed by atoms with van der Waals surface area (Å²) in [6, 6.07) is 1.70. The molecule has 1 aromatic rings. The van der Waals surface area contributed by atoms with E-state index in [9.17, 15) is 4.79 Å². The van der Waals surface area contributed by atoms with Crippen molar-refractivity contribution in [3.8, 4) is 0 Å². The Balaban J connectivity index is 2.99. The van der Waals surface area contributed by atoms with Crippen LogP contribution in [-0.4, -0.2) is 15.6 Å². The maximum Gasteiger partial charge on any atom is 0.352 e. The predicted octanol–water partition coefficient (Wildman–Crippen LogP) is 3.23. The van der Waals surface area contributed by atoms with Crippen LogP contribution in [-0.2, 0) is 6.54 Å². The van der Waals surface area contributed by atoms with Crippen LogP contribution in [0.2, 0.25) is 0 Å². The third-order valence-corrected chi connectivity index (χ3v) is 3.23. The second-order valence-corrected chi connectivity index (χ2v) is 5.74. The third kappa shape index (κ3) is 3.22. The Morgan fingerprint density at radius 1 is 1.60 bits per heavy atom. The second kappa shape index (κ2) is 4.55. The molecule has 0 bridgehead atoms. The molecule has 0 saturated heterocycles. The van der Waals surface area contributed by atoms with Crippen LogP contribution in [0.5, 0.6) is 0 Å². The van der Waals surface area contributed by atoms with Gasteiger partial charge in [0.05, 0.1) is 0 Å². The van der Waals surface area contributed by atoms with Crippen molar-refractivity contribution in [2.45, 2.75) is 33.7 Å². The highest BCUT2D eigenvalue weighted by molar-refractivity contribution is 14.1. The van der Waals surface area contributed by atoms with E-state index in [1.54, 1.807) is 6.07 Å². The first kappa shape index (κ1) is 12.5. The Bertz CT molecular complexity index is 369. The lowest BCUT2D eigenvalue weighted by Gasteiger charge is -2.23. The molecule has 1 aromatic heterocycles. The Morgan fingerprint density at radius 2 is 2.20 bits per heavy atom. The second-order valence-electron chi connectivity index (χ2n) is 4.49. The molecule has 1 rings (SSSR count). The molecule has 0 aliphatic rings. The number of carboxylic acids is 1. The lowest BCUT2D eigenvalue weighted by molar-refractivity contribution is 0.0682. The molecule has 3 nitrogen and oxygen atoms in total. The van der Waals surface area contributed by atoms with Crippen molar-refractivity contribution in [2.75, 3.05) is 0 Å². The summed E-state index contributed by atoms with van der Waals surface area (Å²) >= 11 is 2.14. The van der Waals surface area contributed by atoms with Gasteiger partial charge in [0.25, 0.3) is 0 Å². The maximum atomic E-state index is 11.0. The molecule has 0 spiro atoms. The Hall–Kier alpha value is -0.520. The van der Waals surface area contributed by atoms with Crippen LogP contribution >= 0.6 is 22.6 Å². The van der Waals surface area contributed by atoms with Crippen LogP contribution < -0.4 is 0 Å². The molecule has 0 aromatic carbocycles. The summed E-state index contributed by atoms with van der Waals surface area (Å²) in [6.45, 7) is 7.15. The van der Waals surface area contributed by atoms with Gasteiger partial charge in [-0.2, -0.15) is 0 Å². The van der Waals surface area contributed by atoms with E-state index in [2.05, 4.69) is 43.4 Å². The van der Waals surface area contributed by atoms with Crippen molar-refractivity contribution in [3.05, 3.63) is 21.5 Å². The molecule has 84 valence electrons. The van der Waals surface area contributed by atoms with E-state index in [4.69, 9.17) is 5.11 Å². The highest BCUT2D eigenvalue weighted by Crippen LogP contribution is 2.24. The Morgan fingerprint density at radius 3 is 2.67 bits per heavy atom. The highest BCUT2D eigenvalue weighted by atomic mass is 127. The molecular weight excluding hydrogens is 305 g/mol. The molecule has 1 N–H and O–H groups in total. The molecule has 0 unspecified atom stereocenters. The maximum absolute atomic E-state index is 11.0. The zero-order chi connectivity index (χ0) is 11.6. The average Bonchev–Trinajstić information content (AvgIpc) is 2.46. The minimum atomic E-state index is -0.857. The smallest absolute Gasteiger partial charge is 0.352 e. The summed E-state index contributed by atoms with van der Waals surface area (Å²) in [7, 11) is 0. The first-order chi connectivity index (χ1) is 6.85. The van der Waals surface area contributed by atoms with Crippen molar-refractivity contribution in [1.29, 1.82) is 0 Å². The number of halogens is 1. The van der Waals surface area contributed by atoms with E-state index in [-0.39, 0.29) is 5.41 Å². The fourth-order valence-corrected chi connectivity index (χ4v) is 1.99. The molecule has 0 atom stereocenters. The highest BCUT2D eigenvalue weighted by Gasteiger charge is 2.19. The van der Waals surface area contributed by atoms with Gasteiger partial charge in [0.1, 0.15) is 5.69 Å². The van der Waals surface area contributed by atoms with Gasteiger partial charge in [0.15, 0.2) is 0 Å². The fourth-order valence-electron chi connectivity index (χ4n) is 1.36. The van der Waals surface area contributed by atoms with Crippen molar-refractivity contribution in [3.63, 3.8) is 0 Å². The number of carboxylic acid groups (broad SMARTS) is 1. The van der Waals surface area contributed by atoms with Gasteiger partial charge in [-0.25, -0.2) is 4.79 Å². The third-order valence-electron chi connectivity index (χ3n) is 2.64. The minimum absolute atomic E-state index is 0.131. The number of hydrogen-bond acceptors (Lipinski definition) is 1. The van der Waals surface area contributed by atoms with E-state index in [1.165, 1.54) is 0 Å². The summed E-state index contributed by atoms with van der Waals surface area (Å²) in [5, 5.41) is 9.02. The van der Waals surface area contributed by atoms with E-state index in [0.717, 1.165) is 16.5 Å². The van der Waals surface area contributed by atoms with E-state index in [1.807, 2.05) is 10.8 Å². The van der Waals surface area contributed by atoms with Gasteiger partial charge >= 0.3 is 5.97 Å². The van der Waals surface area contributed by atoms with E-state index in [0.29, 0.717) is 5.69 Å². The van der Waals surface area contributed by atoms with E-state index >= 15 is 0 Å². The molecule has 0 amide bonds. The van der Waals surface area contributed by atoms with Crippen molar-refractivity contribution in [1.82, 2.24) is 4.57 Å². The largest absolute Gasteiger partial charge is 0.477 e. The first-order valence-electron chi connectivity index (χ1n) is 4.94. The van der Waals surface area contributed by atoms with Gasteiger partial charge in [-0.15, -0.1) is 0 Å². The number of carbonyl (C=O) groups is 1. The van der Waals surface area contributed by atoms with Crippen molar-refractivity contribution >= 4 is 28.6 Å². The van der Waals surface area contributed by atoms with Crippen LogP contribution in [0.1, 0.15) is 37.7 Å². The standard InChI is InChI=1S/C11H16INO2/c1-4-11(2,3)7-13-6-8(12)5-9(13)10(14)15/h5-6H,4,7H2,1-3H3,(H,14,15). The molecule has 0 saturated carbocycles. The number of hydrogen-bond donors (Lipinski definition) is 1. The summed E-state index contributed by atoms with van der Waals surface area (Å²) in [6.07, 6.45) is 2.92. The first-order valence-corrected chi connectivity index (χ1v) is 6.02. The molecule has 1 heterocycles. The van der Waals surface area contributed by atoms with Gasteiger partial charge in [-0.1, -0.05) is 20.8 Å². The van der Waals surface area contributed by atoms with Gasteiger partial charge in [-0.3, -0.25) is 0 Å². The quantitative estimate of drug-likeness (QED) is 0.865. The van der Waals surface area contributed by atoms with Gasteiger partial charge in [0, 0.05) is 16.3 Å². The van der Waals surface area contributed by atoms with Crippen LogP contribution in [0, 0.1) is 8.99 Å². The van der Waals surface area contributed by atoms with Gasteiger partial charge in [-0.05, 0) is 40.5 Å². The fraction of sp³-hybridized carbons (Fsp3) is 0.545. The zero-order valence-corrected chi connectivity index (χ0v) is 11.4. The number of rotatable bonds is 4. The monoisotopic (exact) mass is 321 g/mol. The predicted molar refractivity (Wildman–Crippen MR) is 68.2 cm³/mol. The lowest BCUT2D eigenvalue weighted by Crippen LogP contribution is -2.20. The van der Waals surface area contributed by atoms with Gasteiger partial charge in [0.2, 0.25) is 0 Å². The average molecular weight is 321 g/mol. The molecule has 4 heteroatoms. The van der Waals surface area contributed by atoms with Crippen LogP contribution in [0.3, 0.4) is 0 Å². The SMILES string of the molecule is CCC(C)(C)Cn1cc(I)cc1C(=O)O. The minimum Gasteiger partial charge on any atom is -0.477 e. The molecular formula is C11H16INO2. The molecule has 0 aliphatic carbocycles. The molecule has 15 heavy (non-hydrogen) atoms. The molecule has 0 fully saturated rings. The van der Waals surface area contributed by atoms with Gasteiger partial charge < -0.3 is 9.67 Å². The summed E-state index contributed by atoms with van der Waals surface area (Å²) in [5.41, 5.74) is 0.507. The number of aromatic carboxylic acids is 1. The van der Waals surface area contributed by atoms with Crippen molar-refractivity contribution < 1.29 is 9.90 Å². The number of nitrogens with zero attached hydrogens (tertiary/aromatic N) is 1. The molecule has 0 aliphatic heterocycles. The van der Waals surface area contributed by atoms with Crippen LogP contribution in [0.15, 0.2) is 12.3 Å². The summed E-state index contributed by atoms with van der Waals surface area (Å²) < 4.78 is 2.80. The zero-order valence-electron chi connectivity index (χ0n) is 9.25. The number of aromatic nitrogens is 1. The normalized spacial score (nSPS) is 11.7. The topological polar surface area (TPSA) is 42.2 Å². The Kier molecular flexibility index (Phi) is 3.81. The van der Waals surface area contributed by atoms with E-state index < -0.39 is 5.97 Å². The molecule has 0 radical (unpaired) electrons. The van der Waals surface area contributed by atoms with Crippen LogP contribution in [0.4, 0.5) is 0 Å². The Labute approximate surface area is 104 Å².